The summed E-state index contributed by atoms with van der Waals surface area (Å²) in [6.45, 7) is 6.88. The molecular formula is C22H27F3N4O5S. The van der Waals surface area contributed by atoms with E-state index in [1.54, 1.807) is 11.0 Å². The molecule has 0 spiro atoms. The van der Waals surface area contributed by atoms with Gasteiger partial charge in [-0.25, -0.2) is 17.2 Å². The number of benzene rings is 1. The van der Waals surface area contributed by atoms with E-state index in [1.165, 1.54) is 3.97 Å². The van der Waals surface area contributed by atoms with Crippen LogP contribution in [0.2, 0.25) is 0 Å². The van der Waals surface area contributed by atoms with Crippen LogP contribution in [0, 0.1) is 0 Å². The standard InChI is InChI=1S/C20H26N4O3S.C2HF3O2/c1-14(2)23-16-8-6-5-7-15(16)19-17(23)13-18(24(19)28(4,26)27)20(25)22-11-9-21(3)10-12-22;3-2(4,5)1(6)7/h5-8,13-14H,9-12H2,1-4H3;(H,6,7). The minimum Gasteiger partial charge on any atom is -0.475 e. The van der Waals surface area contributed by atoms with Crippen LogP contribution in [0.3, 0.4) is 0 Å². The van der Waals surface area contributed by atoms with Crippen LogP contribution in [0.5, 0.6) is 0 Å². The van der Waals surface area contributed by atoms with Gasteiger partial charge in [0.2, 0.25) is 10.0 Å². The van der Waals surface area contributed by atoms with Gasteiger partial charge in [0, 0.05) is 37.6 Å². The van der Waals surface area contributed by atoms with Crippen LogP contribution >= 0.6 is 0 Å². The number of hydrogen-bond acceptors (Lipinski definition) is 5. The normalized spacial score (nSPS) is 15.5. The summed E-state index contributed by atoms with van der Waals surface area (Å²) in [5.41, 5.74) is 2.55. The van der Waals surface area contributed by atoms with E-state index in [-0.39, 0.29) is 17.6 Å². The highest BCUT2D eigenvalue weighted by molar-refractivity contribution is 7.89. The Balaban J connectivity index is 0.000000429. The summed E-state index contributed by atoms with van der Waals surface area (Å²) in [5, 5.41) is 7.97. The molecular weight excluding hydrogens is 489 g/mol. The molecule has 0 radical (unpaired) electrons. The van der Waals surface area contributed by atoms with E-state index >= 15 is 0 Å². The largest absolute Gasteiger partial charge is 0.490 e. The summed E-state index contributed by atoms with van der Waals surface area (Å²) >= 11 is 0. The summed E-state index contributed by atoms with van der Waals surface area (Å²) in [7, 11) is -1.65. The first kappa shape index (κ1) is 26.5. The minimum atomic E-state index is -5.08. The highest BCUT2D eigenvalue weighted by Gasteiger charge is 2.38. The first-order valence-electron chi connectivity index (χ1n) is 10.8. The van der Waals surface area contributed by atoms with Crippen LogP contribution in [-0.4, -0.2) is 89.4 Å². The van der Waals surface area contributed by atoms with Gasteiger partial charge in [-0.1, -0.05) is 18.2 Å². The molecule has 0 unspecified atom stereocenters. The number of aliphatic carboxylic acids is 1. The van der Waals surface area contributed by atoms with Crippen molar-refractivity contribution in [2.75, 3.05) is 39.5 Å². The number of para-hydroxylation sites is 1. The van der Waals surface area contributed by atoms with Crippen molar-refractivity contribution in [2.45, 2.75) is 26.1 Å². The van der Waals surface area contributed by atoms with Gasteiger partial charge in [0.15, 0.2) is 0 Å². The van der Waals surface area contributed by atoms with Crippen molar-refractivity contribution in [3.63, 3.8) is 0 Å². The number of likely N-dealkylation sites (N-methyl/N-ethyl adjacent to an activating group) is 1. The summed E-state index contributed by atoms with van der Waals surface area (Å²) < 4.78 is 60.6. The van der Waals surface area contributed by atoms with E-state index in [2.05, 4.69) is 23.3 Å². The fourth-order valence-electron chi connectivity index (χ4n) is 4.15. The van der Waals surface area contributed by atoms with Crippen molar-refractivity contribution >= 4 is 43.8 Å². The number of carbonyl (C=O) groups excluding carboxylic acids is 1. The monoisotopic (exact) mass is 516 g/mol. The predicted octanol–water partition coefficient (Wildman–Crippen LogP) is 3.01. The molecule has 13 heteroatoms. The summed E-state index contributed by atoms with van der Waals surface area (Å²) in [4.78, 5) is 26.1. The predicted molar refractivity (Wildman–Crippen MR) is 125 cm³/mol. The third-order valence-corrected chi connectivity index (χ3v) is 6.76. The van der Waals surface area contributed by atoms with Gasteiger partial charge in [-0.05, 0) is 33.0 Å². The average Bonchev–Trinajstić information content (AvgIpc) is 3.28. The van der Waals surface area contributed by atoms with Crippen LogP contribution < -0.4 is 0 Å². The molecule has 1 saturated heterocycles. The maximum atomic E-state index is 13.3. The Kier molecular flexibility index (Phi) is 7.23. The number of carboxylic acid groups (broad SMARTS) is 1. The second kappa shape index (κ2) is 9.53. The molecule has 35 heavy (non-hydrogen) atoms. The SMILES string of the molecule is CC(C)n1c2ccccc2c2c1cc(C(=O)N1CCN(C)CC1)n2S(C)(=O)=O.O=C(O)C(F)(F)F. The van der Waals surface area contributed by atoms with Gasteiger partial charge in [-0.15, -0.1) is 0 Å². The van der Waals surface area contributed by atoms with Crippen molar-refractivity contribution in [3.05, 3.63) is 36.0 Å². The quantitative estimate of drug-likeness (QED) is 0.574. The molecule has 192 valence electrons. The number of aromatic nitrogens is 2. The Morgan fingerprint density at radius 1 is 1.03 bits per heavy atom. The summed E-state index contributed by atoms with van der Waals surface area (Å²) in [6.07, 6.45) is -3.92. The zero-order chi connectivity index (χ0) is 26.3. The first-order valence-corrected chi connectivity index (χ1v) is 12.6. The molecule has 4 rings (SSSR count). The number of alkyl halides is 3. The van der Waals surface area contributed by atoms with E-state index in [1.807, 2.05) is 31.3 Å². The fraction of sp³-hybridized carbons (Fsp3) is 0.455. The lowest BCUT2D eigenvalue weighted by Gasteiger charge is -2.32. The number of halogens is 3. The Morgan fingerprint density at radius 2 is 1.57 bits per heavy atom. The molecule has 0 bridgehead atoms. The number of carbonyl (C=O) groups is 2. The van der Waals surface area contributed by atoms with Gasteiger partial charge in [0.1, 0.15) is 5.69 Å². The number of fused-ring (bicyclic) bond motifs is 3. The molecule has 0 atom stereocenters. The molecule has 1 aliphatic rings. The van der Waals surface area contributed by atoms with E-state index in [0.717, 1.165) is 35.8 Å². The molecule has 0 aliphatic carbocycles. The lowest BCUT2D eigenvalue weighted by molar-refractivity contribution is -0.192. The van der Waals surface area contributed by atoms with Crippen molar-refractivity contribution in [2.24, 2.45) is 0 Å². The van der Waals surface area contributed by atoms with Gasteiger partial charge in [0.25, 0.3) is 5.91 Å². The molecule has 1 fully saturated rings. The van der Waals surface area contributed by atoms with Crippen LogP contribution in [0.4, 0.5) is 13.2 Å². The molecule has 3 aromatic rings. The van der Waals surface area contributed by atoms with E-state index in [0.29, 0.717) is 18.6 Å². The second-order valence-electron chi connectivity index (χ2n) is 8.67. The van der Waals surface area contributed by atoms with Crippen LogP contribution in [0.15, 0.2) is 30.3 Å². The number of carboxylic acids is 1. The van der Waals surface area contributed by atoms with Crippen LogP contribution in [0.1, 0.15) is 30.4 Å². The van der Waals surface area contributed by atoms with Gasteiger partial charge in [-0.2, -0.15) is 13.2 Å². The number of amides is 1. The molecule has 1 amide bonds. The third-order valence-electron chi connectivity index (χ3n) is 5.72. The van der Waals surface area contributed by atoms with Crippen molar-refractivity contribution < 1.29 is 36.3 Å². The van der Waals surface area contributed by atoms with Gasteiger partial charge in [0.05, 0.1) is 22.8 Å². The minimum absolute atomic E-state index is 0.129. The van der Waals surface area contributed by atoms with Gasteiger partial charge < -0.3 is 19.5 Å². The summed E-state index contributed by atoms with van der Waals surface area (Å²) in [5.74, 6) is -2.98. The molecule has 1 aliphatic heterocycles. The number of piperazine rings is 1. The highest BCUT2D eigenvalue weighted by Crippen LogP contribution is 2.35. The van der Waals surface area contributed by atoms with Crippen molar-refractivity contribution in [3.8, 4) is 0 Å². The lowest BCUT2D eigenvalue weighted by Crippen LogP contribution is -2.47. The van der Waals surface area contributed by atoms with E-state index in [4.69, 9.17) is 9.90 Å². The highest BCUT2D eigenvalue weighted by atomic mass is 32.2. The fourth-order valence-corrected chi connectivity index (χ4v) is 5.16. The topological polar surface area (TPSA) is 105 Å². The molecule has 9 nitrogen and oxygen atoms in total. The zero-order valence-electron chi connectivity index (χ0n) is 19.7. The number of rotatable bonds is 3. The van der Waals surface area contributed by atoms with Gasteiger partial charge >= 0.3 is 12.1 Å². The van der Waals surface area contributed by atoms with Gasteiger partial charge in [-0.3, -0.25) is 4.79 Å². The third kappa shape index (κ3) is 5.30. The zero-order valence-corrected chi connectivity index (χ0v) is 20.5. The maximum Gasteiger partial charge on any atom is 0.490 e. The second-order valence-corrected chi connectivity index (χ2v) is 10.5. The average molecular weight is 517 g/mol. The summed E-state index contributed by atoms with van der Waals surface area (Å²) in [6, 6.07) is 9.63. The maximum absolute atomic E-state index is 13.3. The smallest absolute Gasteiger partial charge is 0.475 e. The Morgan fingerprint density at radius 3 is 2.06 bits per heavy atom. The first-order chi connectivity index (χ1) is 16.1. The Labute approximate surface area is 200 Å². The number of hydrogen-bond donors (Lipinski definition) is 1. The molecule has 1 N–H and O–H groups in total. The lowest BCUT2D eigenvalue weighted by atomic mass is 10.2. The van der Waals surface area contributed by atoms with Crippen LogP contribution in [-0.2, 0) is 14.8 Å². The van der Waals surface area contributed by atoms with Crippen molar-refractivity contribution in [1.29, 1.82) is 0 Å². The molecule has 3 heterocycles. The molecule has 2 aromatic heterocycles. The molecule has 0 saturated carbocycles. The van der Waals surface area contributed by atoms with Crippen LogP contribution in [0.25, 0.3) is 21.9 Å². The van der Waals surface area contributed by atoms with E-state index in [9.17, 15) is 26.4 Å². The Bertz CT molecular complexity index is 1370. The van der Waals surface area contributed by atoms with Crippen molar-refractivity contribution in [1.82, 2.24) is 18.3 Å². The molecule has 1 aromatic carbocycles. The Hall–Kier alpha value is -3.06. The van der Waals surface area contributed by atoms with E-state index < -0.39 is 22.2 Å². The number of nitrogens with zero attached hydrogens (tertiary/aromatic N) is 4.